The van der Waals surface area contributed by atoms with Crippen LogP contribution in [0.5, 0.6) is 5.75 Å². The summed E-state index contributed by atoms with van der Waals surface area (Å²) >= 11 is 17.5. The molecule has 0 aliphatic heterocycles. The third-order valence-electron chi connectivity index (χ3n) is 2.53. The van der Waals surface area contributed by atoms with Crippen molar-refractivity contribution in [1.29, 1.82) is 0 Å². The summed E-state index contributed by atoms with van der Waals surface area (Å²) in [6, 6.07) is 2.59. The molecule has 21 heavy (non-hydrogen) atoms. The van der Waals surface area contributed by atoms with Gasteiger partial charge in [-0.3, -0.25) is 9.59 Å². The summed E-state index contributed by atoms with van der Waals surface area (Å²) in [4.78, 5) is 22.1. The van der Waals surface area contributed by atoms with E-state index in [1.807, 2.05) is 0 Å². The van der Waals surface area contributed by atoms with Crippen molar-refractivity contribution < 1.29 is 19.4 Å². The largest absolute Gasteiger partial charge is 0.482 e. The Morgan fingerprint density at radius 2 is 1.86 bits per heavy atom. The van der Waals surface area contributed by atoms with Crippen molar-refractivity contribution in [3.05, 3.63) is 27.2 Å². The van der Waals surface area contributed by atoms with E-state index in [0.29, 0.717) is 11.4 Å². The number of hydrogen-bond donors (Lipinski definition) is 2. The van der Waals surface area contributed by atoms with Gasteiger partial charge >= 0.3 is 5.97 Å². The minimum Gasteiger partial charge on any atom is -0.482 e. The molecule has 0 bridgehead atoms. The predicted molar refractivity (Wildman–Crippen MR) is 81.4 cm³/mol. The van der Waals surface area contributed by atoms with Gasteiger partial charge < -0.3 is 15.2 Å². The number of amides is 1. The normalized spacial score (nSPS) is 11.8. The highest BCUT2D eigenvalue weighted by Gasteiger charge is 2.12. The highest BCUT2D eigenvalue weighted by molar-refractivity contribution is 6.43. The molecule has 5 nitrogen and oxygen atoms in total. The molecule has 8 heteroatoms. The molecule has 2 N–H and O–H groups in total. The number of carbonyl (C=O) groups is 2. The van der Waals surface area contributed by atoms with Gasteiger partial charge in [-0.1, -0.05) is 34.8 Å². The molecular weight excluding hydrogens is 341 g/mol. The molecule has 116 valence electrons. The maximum Gasteiger partial charge on any atom is 0.303 e. The van der Waals surface area contributed by atoms with Crippen LogP contribution in [-0.2, 0) is 9.59 Å². The lowest BCUT2D eigenvalue weighted by atomic mass is 10.2. The van der Waals surface area contributed by atoms with E-state index in [4.69, 9.17) is 44.6 Å². The molecule has 0 saturated carbocycles. The van der Waals surface area contributed by atoms with Crippen LogP contribution >= 0.6 is 34.8 Å². The van der Waals surface area contributed by atoms with E-state index in [1.54, 1.807) is 6.92 Å². The lowest BCUT2D eigenvalue weighted by Crippen LogP contribution is -2.36. The van der Waals surface area contributed by atoms with Gasteiger partial charge in [0.25, 0.3) is 5.91 Å². The molecule has 1 aromatic rings. The number of hydrogen-bond acceptors (Lipinski definition) is 3. The number of carboxylic acids is 1. The predicted octanol–water partition coefficient (Wildman–Crippen LogP) is 3.40. The molecule has 0 aromatic heterocycles. The van der Waals surface area contributed by atoms with Crippen LogP contribution in [0.15, 0.2) is 12.1 Å². The third kappa shape index (κ3) is 6.42. The van der Waals surface area contributed by atoms with Gasteiger partial charge in [0, 0.05) is 18.5 Å². The topological polar surface area (TPSA) is 75.6 Å². The highest BCUT2D eigenvalue weighted by atomic mass is 35.5. The van der Waals surface area contributed by atoms with Crippen LogP contribution in [0.4, 0.5) is 0 Å². The molecule has 0 saturated heterocycles. The summed E-state index contributed by atoms with van der Waals surface area (Å²) in [6.07, 6.45) is 0.329. The van der Waals surface area contributed by atoms with Crippen LogP contribution < -0.4 is 10.1 Å². The number of ether oxygens (including phenoxy) is 1. The zero-order chi connectivity index (χ0) is 16.0. The molecule has 1 atom stereocenters. The first-order valence-electron chi connectivity index (χ1n) is 6.08. The van der Waals surface area contributed by atoms with Gasteiger partial charge in [0.15, 0.2) is 6.61 Å². The Bertz CT molecular complexity index is 536. The van der Waals surface area contributed by atoms with Gasteiger partial charge in [-0.25, -0.2) is 0 Å². The lowest BCUT2D eigenvalue weighted by molar-refractivity contribution is -0.137. The molecule has 0 radical (unpaired) electrons. The Hall–Kier alpha value is -1.17. The van der Waals surface area contributed by atoms with Crippen molar-refractivity contribution in [2.24, 2.45) is 0 Å². The van der Waals surface area contributed by atoms with Crippen molar-refractivity contribution >= 4 is 46.7 Å². The first-order valence-corrected chi connectivity index (χ1v) is 7.21. The molecule has 1 aromatic carbocycles. The standard InChI is InChI=1S/C13H14Cl3NO4/c1-7(2-3-13(19)20)17-12(18)6-21-11-5-9(15)8(14)4-10(11)16/h4-5,7H,2-3,6H2,1H3,(H,17,18)(H,19,20). The van der Waals surface area contributed by atoms with Crippen molar-refractivity contribution in [3.8, 4) is 5.75 Å². The lowest BCUT2D eigenvalue weighted by Gasteiger charge is -2.14. The average molecular weight is 355 g/mol. The summed E-state index contributed by atoms with van der Waals surface area (Å²) in [7, 11) is 0. The van der Waals surface area contributed by atoms with E-state index in [1.165, 1.54) is 12.1 Å². The Kier molecular flexibility index (Phi) is 7.08. The zero-order valence-electron chi connectivity index (χ0n) is 11.2. The first-order chi connectivity index (χ1) is 9.79. The number of nitrogens with one attached hydrogen (secondary N) is 1. The molecule has 0 spiro atoms. The zero-order valence-corrected chi connectivity index (χ0v) is 13.4. The number of aliphatic carboxylic acids is 1. The number of halogens is 3. The van der Waals surface area contributed by atoms with Gasteiger partial charge in [0.1, 0.15) is 5.75 Å². The van der Waals surface area contributed by atoms with E-state index in [-0.39, 0.29) is 40.8 Å². The maximum absolute atomic E-state index is 11.6. The van der Waals surface area contributed by atoms with Crippen molar-refractivity contribution in [2.45, 2.75) is 25.8 Å². The van der Waals surface area contributed by atoms with Crippen molar-refractivity contribution in [1.82, 2.24) is 5.32 Å². The minimum atomic E-state index is -0.907. The van der Waals surface area contributed by atoms with E-state index in [2.05, 4.69) is 5.32 Å². The van der Waals surface area contributed by atoms with Crippen LogP contribution in [0.25, 0.3) is 0 Å². The summed E-state index contributed by atoms with van der Waals surface area (Å²) in [5.74, 6) is -1.04. The summed E-state index contributed by atoms with van der Waals surface area (Å²) in [6.45, 7) is 1.46. The fourth-order valence-corrected chi connectivity index (χ4v) is 2.08. The maximum atomic E-state index is 11.6. The monoisotopic (exact) mass is 353 g/mol. The van der Waals surface area contributed by atoms with E-state index in [9.17, 15) is 9.59 Å². The number of carboxylic acid groups (broad SMARTS) is 1. The van der Waals surface area contributed by atoms with Crippen LogP contribution in [0, 0.1) is 0 Å². The number of benzene rings is 1. The Labute approximate surface area is 137 Å². The second-order valence-corrected chi connectivity index (χ2v) is 5.61. The van der Waals surface area contributed by atoms with Gasteiger partial charge in [0.05, 0.1) is 15.1 Å². The first kappa shape index (κ1) is 17.9. The average Bonchev–Trinajstić information content (AvgIpc) is 2.39. The second-order valence-electron chi connectivity index (χ2n) is 4.39. The molecule has 1 amide bonds. The molecule has 1 unspecified atom stereocenters. The molecule has 1 rings (SSSR count). The van der Waals surface area contributed by atoms with E-state index < -0.39 is 5.97 Å². The second kappa shape index (κ2) is 8.32. The van der Waals surface area contributed by atoms with Gasteiger partial charge in [-0.05, 0) is 19.4 Å². The minimum absolute atomic E-state index is 0.0130. The van der Waals surface area contributed by atoms with E-state index in [0.717, 1.165) is 0 Å². The van der Waals surface area contributed by atoms with Crippen LogP contribution in [0.2, 0.25) is 15.1 Å². The molecule has 0 heterocycles. The Morgan fingerprint density at radius 3 is 2.48 bits per heavy atom. The molecule has 0 fully saturated rings. The number of rotatable bonds is 7. The van der Waals surface area contributed by atoms with E-state index >= 15 is 0 Å². The Balaban J connectivity index is 2.46. The summed E-state index contributed by atoms with van der Waals surface area (Å²) < 4.78 is 5.26. The van der Waals surface area contributed by atoms with Crippen molar-refractivity contribution in [2.75, 3.05) is 6.61 Å². The Morgan fingerprint density at radius 1 is 1.24 bits per heavy atom. The van der Waals surface area contributed by atoms with Crippen LogP contribution in [0.3, 0.4) is 0 Å². The van der Waals surface area contributed by atoms with Crippen LogP contribution in [-0.4, -0.2) is 29.6 Å². The van der Waals surface area contributed by atoms with Crippen molar-refractivity contribution in [3.63, 3.8) is 0 Å². The molecular formula is C13H14Cl3NO4. The fourth-order valence-electron chi connectivity index (χ4n) is 1.49. The number of carbonyl (C=O) groups excluding carboxylic acids is 1. The third-order valence-corrected chi connectivity index (χ3v) is 3.55. The van der Waals surface area contributed by atoms with Gasteiger partial charge in [0.2, 0.25) is 0 Å². The quantitative estimate of drug-likeness (QED) is 0.736. The molecule has 0 aliphatic carbocycles. The van der Waals surface area contributed by atoms with Gasteiger partial charge in [-0.15, -0.1) is 0 Å². The van der Waals surface area contributed by atoms with Gasteiger partial charge in [-0.2, -0.15) is 0 Å². The fraction of sp³-hybridized carbons (Fsp3) is 0.385. The summed E-state index contributed by atoms with van der Waals surface area (Å²) in [5.41, 5.74) is 0. The smallest absolute Gasteiger partial charge is 0.303 e. The molecule has 0 aliphatic rings. The van der Waals surface area contributed by atoms with Crippen LogP contribution in [0.1, 0.15) is 19.8 Å². The SMILES string of the molecule is CC(CCC(=O)O)NC(=O)COc1cc(Cl)c(Cl)cc1Cl. The highest BCUT2D eigenvalue weighted by Crippen LogP contribution is 2.33. The summed E-state index contributed by atoms with van der Waals surface area (Å²) in [5, 5.41) is 12.0.